The summed E-state index contributed by atoms with van der Waals surface area (Å²) < 4.78 is 8.04. The largest absolute Gasteiger partial charge is 0.489 e. The fraction of sp³-hybridized carbons (Fsp3) is 0.387. The minimum Gasteiger partial charge on any atom is -0.489 e. The first kappa shape index (κ1) is 28.3. The fourth-order valence-corrected chi connectivity index (χ4v) is 5.56. The molecule has 1 aliphatic rings. The van der Waals surface area contributed by atoms with Gasteiger partial charge in [0.05, 0.1) is 10.9 Å². The van der Waals surface area contributed by atoms with Gasteiger partial charge in [0.2, 0.25) is 0 Å². The number of hydrogen-bond donors (Lipinski definition) is 2. The van der Waals surface area contributed by atoms with Crippen LogP contribution in [0.5, 0.6) is 5.75 Å². The molecule has 0 aliphatic carbocycles. The maximum absolute atomic E-state index is 12.5. The predicted octanol–water partition coefficient (Wildman–Crippen LogP) is 5.85. The van der Waals surface area contributed by atoms with Crippen molar-refractivity contribution < 1.29 is 14.6 Å². The Bertz CT molecular complexity index is 1480. The van der Waals surface area contributed by atoms with Gasteiger partial charge in [0, 0.05) is 38.2 Å². The third-order valence-electron chi connectivity index (χ3n) is 7.92. The molecular formula is C31H39N5O3. The number of rotatable bonds is 7. The van der Waals surface area contributed by atoms with Crippen LogP contribution in [0.2, 0.25) is 0 Å². The number of carbonyl (C=O) groups is 1. The summed E-state index contributed by atoms with van der Waals surface area (Å²) in [5.74, 6) is -0.228. The van der Waals surface area contributed by atoms with E-state index < -0.39 is 11.4 Å². The van der Waals surface area contributed by atoms with Crippen molar-refractivity contribution in [1.82, 2.24) is 26.0 Å². The molecule has 8 nitrogen and oxygen atoms in total. The molecule has 1 aliphatic heterocycles. The zero-order chi connectivity index (χ0) is 27.0. The zero-order valence-electron chi connectivity index (χ0n) is 23.5. The van der Waals surface area contributed by atoms with E-state index in [1.165, 1.54) is 16.7 Å². The number of aryl methyl sites for hydroxylation is 2. The Morgan fingerprint density at radius 2 is 1.85 bits per heavy atom. The summed E-state index contributed by atoms with van der Waals surface area (Å²) in [5.41, 5.74) is 6.13. The Morgan fingerprint density at radius 1 is 1.13 bits per heavy atom. The van der Waals surface area contributed by atoms with E-state index in [1.807, 2.05) is 31.3 Å². The molecule has 5 rings (SSSR count). The second kappa shape index (κ2) is 11.2. The lowest BCUT2D eigenvalue weighted by Crippen LogP contribution is -2.33. The van der Waals surface area contributed by atoms with Crippen molar-refractivity contribution in [1.29, 1.82) is 0 Å². The molecule has 0 bridgehead atoms. The van der Waals surface area contributed by atoms with Crippen molar-refractivity contribution in [2.75, 3.05) is 6.54 Å². The fourth-order valence-electron chi connectivity index (χ4n) is 5.56. The number of fused-ring (bicyclic) bond motifs is 2. The van der Waals surface area contributed by atoms with Gasteiger partial charge in [-0.05, 0) is 67.6 Å². The van der Waals surface area contributed by atoms with Crippen LogP contribution in [0.4, 0.5) is 0 Å². The number of carboxylic acid groups (broad SMARTS) is 1. The molecule has 39 heavy (non-hydrogen) atoms. The minimum absolute atomic E-state index is 0. The topological polar surface area (TPSA) is 115 Å². The number of ether oxygens (including phenoxy) is 1. The normalized spacial score (nSPS) is 16.6. The molecule has 0 saturated carbocycles. The molecule has 2 heterocycles. The zero-order valence-corrected chi connectivity index (χ0v) is 23.5. The van der Waals surface area contributed by atoms with Gasteiger partial charge in [0.25, 0.3) is 0 Å². The molecule has 0 fully saturated rings. The first-order valence-electron chi connectivity index (χ1n) is 13.3. The van der Waals surface area contributed by atoms with Crippen molar-refractivity contribution in [2.45, 2.75) is 59.2 Å². The summed E-state index contributed by atoms with van der Waals surface area (Å²) in [6.45, 7) is 10.3. The van der Waals surface area contributed by atoms with E-state index in [9.17, 15) is 9.90 Å². The molecule has 0 spiro atoms. The SMILES string of the molecule is CCC1CN(Cc2cc(C(c3ccc4c(c3)nnn4C)C(C)(C)C(=O)O)ccc2C)Cc2ccccc2O1.N. The summed E-state index contributed by atoms with van der Waals surface area (Å²) >= 11 is 0. The van der Waals surface area contributed by atoms with Crippen LogP contribution in [-0.4, -0.2) is 43.6 Å². The van der Waals surface area contributed by atoms with E-state index in [-0.39, 0.29) is 18.2 Å². The first-order chi connectivity index (χ1) is 18.2. The summed E-state index contributed by atoms with van der Waals surface area (Å²) in [4.78, 5) is 15.0. The van der Waals surface area contributed by atoms with Gasteiger partial charge in [0.15, 0.2) is 0 Å². The lowest BCUT2D eigenvalue weighted by Gasteiger charge is -2.32. The van der Waals surface area contributed by atoms with Crippen LogP contribution < -0.4 is 10.9 Å². The Morgan fingerprint density at radius 3 is 2.59 bits per heavy atom. The number of nitrogens with zero attached hydrogens (tertiary/aromatic N) is 4. The van der Waals surface area contributed by atoms with Crippen LogP contribution in [-0.2, 0) is 24.9 Å². The monoisotopic (exact) mass is 529 g/mol. The number of carboxylic acids is 1. The second-order valence-corrected chi connectivity index (χ2v) is 11.0. The Balaban J connectivity index is 0.00000353. The highest BCUT2D eigenvalue weighted by Crippen LogP contribution is 2.42. The van der Waals surface area contributed by atoms with E-state index in [4.69, 9.17) is 4.74 Å². The van der Waals surface area contributed by atoms with Gasteiger partial charge in [-0.1, -0.05) is 54.6 Å². The summed E-state index contributed by atoms with van der Waals surface area (Å²) in [6.07, 6.45) is 1.06. The van der Waals surface area contributed by atoms with Crippen molar-refractivity contribution in [3.63, 3.8) is 0 Å². The van der Waals surface area contributed by atoms with Crippen LogP contribution in [0.25, 0.3) is 11.0 Å². The first-order valence-corrected chi connectivity index (χ1v) is 13.3. The molecular weight excluding hydrogens is 490 g/mol. The smallest absolute Gasteiger partial charge is 0.310 e. The molecule has 0 saturated heterocycles. The van der Waals surface area contributed by atoms with Gasteiger partial charge in [-0.2, -0.15) is 0 Å². The van der Waals surface area contributed by atoms with Gasteiger partial charge in [0.1, 0.15) is 17.4 Å². The van der Waals surface area contributed by atoms with Crippen molar-refractivity contribution in [3.8, 4) is 5.75 Å². The van der Waals surface area contributed by atoms with E-state index in [0.29, 0.717) is 0 Å². The third-order valence-corrected chi connectivity index (χ3v) is 7.92. The Kier molecular flexibility index (Phi) is 8.09. The summed E-state index contributed by atoms with van der Waals surface area (Å²) in [5, 5.41) is 18.7. The number of aromatic nitrogens is 3. The molecule has 2 atom stereocenters. The van der Waals surface area contributed by atoms with Crippen molar-refractivity contribution in [3.05, 3.63) is 88.5 Å². The standard InChI is InChI=1S/C31H36N4O3.H3N/c1-6-25-19-35(17-23-9-7-8-10-28(23)38-25)18-24-15-21(12-11-20(24)2)29(31(3,4)30(36)37)22-13-14-27-26(16-22)32-33-34(27)5;/h7-16,25,29H,6,17-19H2,1-5H3,(H,36,37);1H3. The maximum Gasteiger partial charge on any atom is 0.310 e. The molecule has 4 aromatic rings. The molecule has 3 aromatic carbocycles. The quantitative estimate of drug-likeness (QED) is 0.308. The van der Waals surface area contributed by atoms with E-state index in [2.05, 4.69) is 65.5 Å². The average molecular weight is 530 g/mol. The van der Waals surface area contributed by atoms with Crippen LogP contribution in [0, 0.1) is 12.3 Å². The van der Waals surface area contributed by atoms with Gasteiger partial charge >= 0.3 is 5.97 Å². The van der Waals surface area contributed by atoms with Crippen molar-refractivity contribution >= 4 is 17.0 Å². The molecule has 0 amide bonds. The van der Waals surface area contributed by atoms with E-state index in [0.717, 1.165) is 54.0 Å². The highest BCUT2D eigenvalue weighted by Gasteiger charge is 2.39. The Hall–Kier alpha value is -3.75. The highest BCUT2D eigenvalue weighted by molar-refractivity contribution is 5.79. The molecule has 0 radical (unpaired) electrons. The molecule has 8 heteroatoms. The minimum atomic E-state index is -1.04. The Labute approximate surface area is 230 Å². The maximum atomic E-state index is 12.5. The predicted molar refractivity (Wildman–Crippen MR) is 153 cm³/mol. The number of para-hydroxylation sites is 1. The van der Waals surface area contributed by atoms with Gasteiger partial charge in [-0.15, -0.1) is 5.10 Å². The number of benzene rings is 3. The third kappa shape index (κ3) is 5.53. The number of aliphatic carboxylic acids is 1. The summed E-state index contributed by atoms with van der Waals surface area (Å²) in [7, 11) is 1.86. The second-order valence-electron chi connectivity index (χ2n) is 11.0. The van der Waals surface area contributed by atoms with Crippen LogP contribution >= 0.6 is 0 Å². The molecule has 206 valence electrons. The van der Waals surface area contributed by atoms with Gasteiger partial charge in [-0.3, -0.25) is 9.69 Å². The van der Waals surface area contributed by atoms with Crippen molar-refractivity contribution in [2.24, 2.45) is 12.5 Å². The van der Waals surface area contributed by atoms with E-state index >= 15 is 0 Å². The molecule has 1 aromatic heterocycles. The highest BCUT2D eigenvalue weighted by atomic mass is 16.5. The average Bonchev–Trinajstić information content (AvgIpc) is 3.15. The molecule has 4 N–H and O–H groups in total. The van der Waals surface area contributed by atoms with Crippen LogP contribution in [0.15, 0.2) is 60.7 Å². The lowest BCUT2D eigenvalue weighted by atomic mass is 9.71. The van der Waals surface area contributed by atoms with Gasteiger partial charge in [-0.25, -0.2) is 4.68 Å². The van der Waals surface area contributed by atoms with Gasteiger partial charge < -0.3 is 16.0 Å². The van der Waals surface area contributed by atoms with E-state index in [1.54, 1.807) is 18.5 Å². The van der Waals surface area contributed by atoms with Crippen LogP contribution in [0.1, 0.15) is 60.9 Å². The lowest BCUT2D eigenvalue weighted by molar-refractivity contribution is -0.147. The summed E-state index contributed by atoms with van der Waals surface area (Å²) in [6, 6.07) is 20.6. The molecule has 2 unspecified atom stereocenters. The van der Waals surface area contributed by atoms with Crippen LogP contribution in [0.3, 0.4) is 0 Å². The number of hydrogen-bond acceptors (Lipinski definition) is 6.